The zero-order valence-corrected chi connectivity index (χ0v) is 17.0. The van der Waals surface area contributed by atoms with E-state index < -0.39 is 10.0 Å². The number of rotatable bonds is 4. The van der Waals surface area contributed by atoms with Gasteiger partial charge in [0, 0.05) is 35.6 Å². The minimum Gasteiger partial charge on any atom is -0.324 e. The van der Waals surface area contributed by atoms with E-state index in [9.17, 15) is 8.42 Å². The van der Waals surface area contributed by atoms with Crippen molar-refractivity contribution in [2.24, 2.45) is 12.2 Å². The van der Waals surface area contributed by atoms with Crippen LogP contribution in [-0.4, -0.2) is 28.2 Å². The van der Waals surface area contributed by atoms with Crippen LogP contribution in [0.3, 0.4) is 0 Å². The van der Waals surface area contributed by atoms with Crippen LogP contribution in [-0.2, 0) is 17.1 Å². The van der Waals surface area contributed by atoms with Gasteiger partial charge in [0.25, 0.3) is 0 Å². The molecule has 0 spiro atoms. The van der Waals surface area contributed by atoms with Gasteiger partial charge in [0.15, 0.2) is 0 Å². The Hall–Kier alpha value is -3.30. The molecule has 0 amide bonds. The fourth-order valence-electron chi connectivity index (χ4n) is 3.29. The Morgan fingerprint density at radius 3 is 2.41 bits per heavy atom. The summed E-state index contributed by atoms with van der Waals surface area (Å²) < 4.78 is 24.6. The molecular weight excluding hydrogens is 388 g/mol. The summed E-state index contributed by atoms with van der Waals surface area (Å²) in [4.78, 5) is 8.99. The number of sulfonamides is 1. The highest BCUT2D eigenvalue weighted by Gasteiger charge is 2.13. The van der Waals surface area contributed by atoms with Crippen LogP contribution < -0.4 is 10.5 Å². The summed E-state index contributed by atoms with van der Waals surface area (Å²) in [6.07, 6.45) is 1.75. The molecule has 0 fully saturated rings. The molecule has 4 aromatic rings. The lowest BCUT2D eigenvalue weighted by molar-refractivity contribution is 0.598. The SMILES string of the molecule is Cc1nn(C)c(C)c1-c1ccc2cnc(Nc3ccc(S(N)(=O)=O)cc3)nc2c1. The predicted molar refractivity (Wildman–Crippen MR) is 112 cm³/mol. The van der Waals surface area contributed by atoms with E-state index in [2.05, 4.69) is 20.4 Å². The van der Waals surface area contributed by atoms with E-state index in [-0.39, 0.29) is 4.90 Å². The van der Waals surface area contributed by atoms with Gasteiger partial charge in [-0.05, 0) is 49.7 Å². The lowest BCUT2D eigenvalue weighted by Gasteiger charge is -2.08. The highest BCUT2D eigenvalue weighted by molar-refractivity contribution is 7.89. The van der Waals surface area contributed by atoms with Gasteiger partial charge < -0.3 is 5.32 Å². The van der Waals surface area contributed by atoms with Crippen molar-refractivity contribution in [3.05, 3.63) is 60.0 Å². The lowest BCUT2D eigenvalue weighted by Crippen LogP contribution is -2.11. The normalized spacial score (nSPS) is 11.7. The molecular formula is C20H20N6O2S. The average Bonchev–Trinajstić information content (AvgIpc) is 2.92. The Morgan fingerprint density at radius 1 is 1.07 bits per heavy atom. The standard InChI is InChI=1S/C20H20N6O2S/c1-12-19(13(2)26(3)25-12)14-4-5-15-11-22-20(24-18(15)10-14)23-16-6-8-17(9-7-16)29(21,27)28/h4-11H,1-3H3,(H2,21,27,28)(H,22,23,24). The van der Waals surface area contributed by atoms with Crippen molar-refractivity contribution in [2.75, 3.05) is 5.32 Å². The Balaban J connectivity index is 1.68. The van der Waals surface area contributed by atoms with Crippen LogP contribution in [0.25, 0.3) is 22.0 Å². The number of aromatic nitrogens is 4. The second-order valence-electron chi connectivity index (χ2n) is 6.83. The molecule has 3 N–H and O–H groups in total. The van der Waals surface area contributed by atoms with Gasteiger partial charge in [-0.25, -0.2) is 23.5 Å². The molecule has 0 aliphatic heterocycles. The van der Waals surface area contributed by atoms with E-state index in [4.69, 9.17) is 5.14 Å². The number of hydrogen-bond donors (Lipinski definition) is 2. The van der Waals surface area contributed by atoms with E-state index in [0.717, 1.165) is 33.4 Å². The Kier molecular flexibility index (Phi) is 4.56. The van der Waals surface area contributed by atoms with Crippen LogP contribution in [0.2, 0.25) is 0 Å². The molecule has 4 rings (SSSR count). The molecule has 2 aromatic heterocycles. The maximum absolute atomic E-state index is 11.4. The molecule has 2 heterocycles. The third-order valence-corrected chi connectivity index (χ3v) is 5.75. The van der Waals surface area contributed by atoms with Gasteiger partial charge in [0.1, 0.15) is 0 Å². The van der Waals surface area contributed by atoms with Crippen molar-refractivity contribution < 1.29 is 8.42 Å². The third kappa shape index (κ3) is 3.69. The van der Waals surface area contributed by atoms with E-state index >= 15 is 0 Å². The number of benzene rings is 2. The van der Waals surface area contributed by atoms with Crippen LogP contribution in [0.5, 0.6) is 0 Å². The summed E-state index contributed by atoms with van der Waals surface area (Å²) in [7, 11) is -1.79. The van der Waals surface area contributed by atoms with E-state index in [1.54, 1.807) is 18.3 Å². The molecule has 29 heavy (non-hydrogen) atoms. The van der Waals surface area contributed by atoms with Crippen LogP contribution in [0.4, 0.5) is 11.6 Å². The number of primary sulfonamides is 1. The first-order valence-corrected chi connectivity index (χ1v) is 10.4. The molecule has 0 atom stereocenters. The number of aryl methyl sites for hydroxylation is 2. The lowest BCUT2D eigenvalue weighted by atomic mass is 10.0. The van der Waals surface area contributed by atoms with E-state index in [1.807, 2.05) is 43.8 Å². The smallest absolute Gasteiger partial charge is 0.238 e. The second-order valence-corrected chi connectivity index (χ2v) is 8.39. The van der Waals surface area contributed by atoms with Gasteiger partial charge in [-0.2, -0.15) is 5.10 Å². The van der Waals surface area contributed by atoms with Gasteiger partial charge in [-0.1, -0.05) is 12.1 Å². The van der Waals surface area contributed by atoms with Crippen molar-refractivity contribution >= 4 is 32.6 Å². The van der Waals surface area contributed by atoms with Crippen molar-refractivity contribution in [1.82, 2.24) is 19.7 Å². The zero-order valence-electron chi connectivity index (χ0n) is 16.2. The maximum atomic E-state index is 11.4. The monoisotopic (exact) mass is 408 g/mol. The van der Waals surface area contributed by atoms with Crippen molar-refractivity contribution in [1.29, 1.82) is 0 Å². The molecule has 2 aromatic carbocycles. The van der Waals surface area contributed by atoms with Crippen molar-refractivity contribution in [3.8, 4) is 11.1 Å². The minimum absolute atomic E-state index is 0.0503. The summed E-state index contributed by atoms with van der Waals surface area (Å²) >= 11 is 0. The zero-order chi connectivity index (χ0) is 20.8. The van der Waals surface area contributed by atoms with Crippen LogP contribution in [0.1, 0.15) is 11.4 Å². The van der Waals surface area contributed by atoms with Crippen molar-refractivity contribution in [2.45, 2.75) is 18.7 Å². The largest absolute Gasteiger partial charge is 0.324 e. The summed E-state index contributed by atoms with van der Waals surface area (Å²) in [5, 5.41) is 13.6. The number of fused-ring (bicyclic) bond motifs is 1. The van der Waals surface area contributed by atoms with Crippen molar-refractivity contribution in [3.63, 3.8) is 0 Å². The van der Waals surface area contributed by atoms with Gasteiger partial charge in [-0.15, -0.1) is 0 Å². The molecule has 9 heteroatoms. The topological polar surface area (TPSA) is 116 Å². The molecule has 0 radical (unpaired) electrons. The summed E-state index contributed by atoms with van der Waals surface area (Å²) in [5.41, 5.74) is 5.65. The van der Waals surface area contributed by atoms with Crippen LogP contribution in [0.15, 0.2) is 53.6 Å². The van der Waals surface area contributed by atoms with Gasteiger partial charge >= 0.3 is 0 Å². The van der Waals surface area contributed by atoms with Gasteiger partial charge in [-0.3, -0.25) is 4.68 Å². The first-order chi connectivity index (χ1) is 13.7. The predicted octanol–water partition coefficient (Wildman–Crippen LogP) is 3.04. The highest BCUT2D eigenvalue weighted by Crippen LogP contribution is 2.29. The fraction of sp³-hybridized carbons (Fsp3) is 0.150. The first kappa shape index (κ1) is 19.0. The quantitative estimate of drug-likeness (QED) is 0.536. The molecule has 0 aliphatic carbocycles. The van der Waals surface area contributed by atoms with Gasteiger partial charge in [0.2, 0.25) is 16.0 Å². The number of nitrogens with two attached hydrogens (primary N) is 1. The highest BCUT2D eigenvalue weighted by atomic mass is 32.2. The Bertz CT molecular complexity index is 1330. The maximum Gasteiger partial charge on any atom is 0.238 e. The molecule has 0 bridgehead atoms. The van der Waals surface area contributed by atoms with E-state index in [0.29, 0.717) is 11.6 Å². The Morgan fingerprint density at radius 2 is 1.79 bits per heavy atom. The molecule has 0 saturated heterocycles. The second kappa shape index (κ2) is 6.94. The summed E-state index contributed by atoms with van der Waals surface area (Å²) in [5.74, 6) is 0.414. The summed E-state index contributed by atoms with van der Waals surface area (Å²) in [6, 6.07) is 12.2. The van der Waals surface area contributed by atoms with Gasteiger partial charge in [0.05, 0.1) is 16.1 Å². The number of hydrogen-bond acceptors (Lipinski definition) is 6. The summed E-state index contributed by atoms with van der Waals surface area (Å²) in [6.45, 7) is 4.03. The number of nitrogens with zero attached hydrogens (tertiary/aromatic N) is 4. The third-order valence-electron chi connectivity index (χ3n) is 4.82. The number of anilines is 2. The minimum atomic E-state index is -3.72. The molecule has 0 unspecified atom stereocenters. The molecule has 8 nitrogen and oxygen atoms in total. The molecule has 0 aliphatic rings. The Labute approximate surface area is 168 Å². The van der Waals surface area contributed by atoms with Crippen LogP contribution in [0, 0.1) is 13.8 Å². The molecule has 148 valence electrons. The first-order valence-electron chi connectivity index (χ1n) is 8.89. The number of nitrogens with one attached hydrogen (secondary N) is 1. The fourth-order valence-corrected chi connectivity index (χ4v) is 3.80. The van der Waals surface area contributed by atoms with Crippen LogP contribution >= 0.6 is 0 Å². The molecule has 0 saturated carbocycles. The van der Waals surface area contributed by atoms with E-state index in [1.165, 1.54) is 12.1 Å². The average molecular weight is 408 g/mol.